The van der Waals surface area contributed by atoms with Gasteiger partial charge in [0, 0.05) is 18.3 Å². The summed E-state index contributed by atoms with van der Waals surface area (Å²) >= 11 is 0. The van der Waals surface area contributed by atoms with E-state index >= 15 is 0 Å². The standard InChI is InChI=1S/C16H29N3/c1-13(2)9-7-5-6-8-10-17-16-11-15(14(3)4)18-12-19-16/h11-14H,5-10H2,1-4H3,(H,17,18,19). The summed E-state index contributed by atoms with van der Waals surface area (Å²) in [4.78, 5) is 8.53. The molecule has 0 fully saturated rings. The first-order valence-corrected chi connectivity index (χ1v) is 7.65. The molecule has 0 spiro atoms. The van der Waals surface area contributed by atoms with Crippen molar-refractivity contribution < 1.29 is 0 Å². The third-order valence-electron chi connectivity index (χ3n) is 3.29. The fourth-order valence-corrected chi connectivity index (χ4v) is 2.03. The maximum absolute atomic E-state index is 4.27. The number of aromatic nitrogens is 2. The number of anilines is 1. The third kappa shape index (κ3) is 7.14. The van der Waals surface area contributed by atoms with Crippen LogP contribution in [-0.2, 0) is 0 Å². The van der Waals surface area contributed by atoms with E-state index in [-0.39, 0.29) is 0 Å². The summed E-state index contributed by atoms with van der Waals surface area (Å²) in [6.07, 6.45) is 8.25. The summed E-state index contributed by atoms with van der Waals surface area (Å²) in [6, 6.07) is 2.06. The Hall–Kier alpha value is -1.12. The highest BCUT2D eigenvalue weighted by molar-refractivity contribution is 5.35. The molecular formula is C16H29N3. The van der Waals surface area contributed by atoms with E-state index in [2.05, 4.69) is 49.0 Å². The molecule has 0 aliphatic heterocycles. The van der Waals surface area contributed by atoms with Gasteiger partial charge in [-0.05, 0) is 18.3 Å². The molecule has 1 aromatic rings. The monoisotopic (exact) mass is 263 g/mol. The van der Waals surface area contributed by atoms with Gasteiger partial charge in [-0.2, -0.15) is 0 Å². The fraction of sp³-hybridized carbons (Fsp3) is 0.750. The molecule has 1 rings (SSSR count). The highest BCUT2D eigenvalue weighted by atomic mass is 15.0. The quantitative estimate of drug-likeness (QED) is 0.661. The van der Waals surface area contributed by atoms with Gasteiger partial charge >= 0.3 is 0 Å². The summed E-state index contributed by atoms with van der Waals surface area (Å²) in [5, 5.41) is 3.39. The summed E-state index contributed by atoms with van der Waals surface area (Å²) in [6.45, 7) is 9.91. The maximum atomic E-state index is 4.27. The minimum absolute atomic E-state index is 0.458. The zero-order valence-electron chi connectivity index (χ0n) is 12.9. The van der Waals surface area contributed by atoms with Crippen LogP contribution in [0.4, 0.5) is 5.82 Å². The molecule has 3 heteroatoms. The summed E-state index contributed by atoms with van der Waals surface area (Å²) in [7, 11) is 0. The molecule has 0 bridgehead atoms. The second-order valence-corrected chi connectivity index (χ2v) is 6.01. The fourth-order valence-electron chi connectivity index (χ4n) is 2.03. The van der Waals surface area contributed by atoms with Gasteiger partial charge in [0.15, 0.2) is 0 Å². The molecule has 1 heterocycles. The summed E-state index contributed by atoms with van der Waals surface area (Å²) in [5.74, 6) is 2.26. The van der Waals surface area contributed by atoms with Gasteiger partial charge in [-0.25, -0.2) is 9.97 Å². The maximum Gasteiger partial charge on any atom is 0.129 e. The number of hydrogen-bond acceptors (Lipinski definition) is 3. The van der Waals surface area contributed by atoms with E-state index in [0.29, 0.717) is 5.92 Å². The number of rotatable bonds is 9. The lowest BCUT2D eigenvalue weighted by molar-refractivity contribution is 0.523. The van der Waals surface area contributed by atoms with Crippen molar-refractivity contribution in [3.63, 3.8) is 0 Å². The lowest BCUT2D eigenvalue weighted by atomic mass is 10.0. The zero-order chi connectivity index (χ0) is 14.1. The van der Waals surface area contributed by atoms with Crippen molar-refractivity contribution in [1.82, 2.24) is 9.97 Å². The Morgan fingerprint density at radius 2 is 1.74 bits per heavy atom. The van der Waals surface area contributed by atoms with Crippen molar-refractivity contribution in [2.45, 2.75) is 65.7 Å². The van der Waals surface area contributed by atoms with E-state index in [1.165, 1.54) is 32.1 Å². The Kier molecular flexibility index (Phi) is 7.46. The predicted molar refractivity (Wildman–Crippen MR) is 82.5 cm³/mol. The smallest absolute Gasteiger partial charge is 0.129 e. The second kappa shape index (κ2) is 8.89. The lowest BCUT2D eigenvalue weighted by Gasteiger charge is -2.08. The van der Waals surface area contributed by atoms with Crippen LogP contribution in [-0.4, -0.2) is 16.5 Å². The summed E-state index contributed by atoms with van der Waals surface area (Å²) < 4.78 is 0. The van der Waals surface area contributed by atoms with Crippen molar-refractivity contribution in [3.05, 3.63) is 18.1 Å². The Balaban J connectivity index is 2.14. The minimum atomic E-state index is 0.458. The van der Waals surface area contributed by atoms with E-state index in [0.717, 1.165) is 24.0 Å². The molecule has 0 unspecified atom stereocenters. The molecule has 108 valence electrons. The first-order chi connectivity index (χ1) is 9.09. The van der Waals surface area contributed by atoms with Crippen molar-refractivity contribution in [2.75, 3.05) is 11.9 Å². The zero-order valence-corrected chi connectivity index (χ0v) is 12.9. The van der Waals surface area contributed by atoms with Crippen LogP contribution in [0.1, 0.15) is 71.4 Å². The van der Waals surface area contributed by atoms with Gasteiger partial charge in [0.25, 0.3) is 0 Å². The third-order valence-corrected chi connectivity index (χ3v) is 3.29. The number of hydrogen-bond donors (Lipinski definition) is 1. The van der Waals surface area contributed by atoms with Gasteiger partial charge in [0.2, 0.25) is 0 Å². The van der Waals surface area contributed by atoms with Crippen LogP contribution in [0.2, 0.25) is 0 Å². The average Bonchev–Trinajstić information content (AvgIpc) is 2.37. The van der Waals surface area contributed by atoms with E-state index in [4.69, 9.17) is 0 Å². The molecule has 19 heavy (non-hydrogen) atoms. The Morgan fingerprint density at radius 3 is 2.42 bits per heavy atom. The van der Waals surface area contributed by atoms with Crippen LogP contribution in [0.25, 0.3) is 0 Å². The predicted octanol–water partition coefficient (Wildman–Crippen LogP) is 4.62. The first kappa shape index (κ1) is 15.9. The SMILES string of the molecule is CC(C)CCCCCCNc1cc(C(C)C)ncn1. The van der Waals surface area contributed by atoms with Crippen molar-refractivity contribution in [3.8, 4) is 0 Å². The van der Waals surface area contributed by atoms with Crippen LogP contribution in [0.15, 0.2) is 12.4 Å². The van der Waals surface area contributed by atoms with Crippen molar-refractivity contribution in [2.24, 2.45) is 5.92 Å². The molecule has 0 radical (unpaired) electrons. The summed E-state index contributed by atoms with van der Waals surface area (Å²) in [5.41, 5.74) is 1.11. The molecule has 1 aromatic heterocycles. The van der Waals surface area contributed by atoms with Crippen LogP contribution >= 0.6 is 0 Å². The van der Waals surface area contributed by atoms with Crippen molar-refractivity contribution in [1.29, 1.82) is 0 Å². The Bertz CT molecular complexity index is 348. The molecular weight excluding hydrogens is 234 g/mol. The highest BCUT2D eigenvalue weighted by Crippen LogP contribution is 2.14. The van der Waals surface area contributed by atoms with Crippen LogP contribution < -0.4 is 5.32 Å². The lowest BCUT2D eigenvalue weighted by Crippen LogP contribution is -2.05. The average molecular weight is 263 g/mol. The molecule has 0 aliphatic carbocycles. The molecule has 3 nitrogen and oxygen atoms in total. The van der Waals surface area contributed by atoms with Gasteiger partial charge in [-0.1, -0.05) is 53.4 Å². The first-order valence-electron chi connectivity index (χ1n) is 7.65. The number of unbranched alkanes of at least 4 members (excludes halogenated alkanes) is 3. The van der Waals surface area contributed by atoms with Crippen LogP contribution in [0, 0.1) is 5.92 Å². The van der Waals surface area contributed by atoms with E-state index in [1.54, 1.807) is 6.33 Å². The minimum Gasteiger partial charge on any atom is -0.370 e. The van der Waals surface area contributed by atoms with Gasteiger partial charge < -0.3 is 5.32 Å². The van der Waals surface area contributed by atoms with E-state index < -0.39 is 0 Å². The molecule has 0 saturated heterocycles. The van der Waals surface area contributed by atoms with Gasteiger partial charge in [0.1, 0.15) is 12.1 Å². The van der Waals surface area contributed by atoms with Gasteiger partial charge in [0.05, 0.1) is 0 Å². The highest BCUT2D eigenvalue weighted by Gasteiger charge is 2.02. The van der Waals surface area contributed by atoms with Gasteiger partial charge in [-0.15, -0.1) is 0 Å². The largest absolute Gasteiger partial charge is 0.370 e. The Morgan fingerprint density at radius 1 is 1.00 bits per heavy atom. The number of nitrogens with zero attached hydrogens (tertiary/aromatic N) is 2. The molecule has 0 amide bonds. The number of nitrogens with one attached hydrogen (secondary N) is 1. The normalized spacial score (nSPS) is 11.3. The van der Waals surface area contributed by atoms with E-state index in [9.17, 15) is 0 Å². The molecule has 0 aliphatic rings. The van der Waals surface area contributed by atoms with Crippen molar-refractivity contribution >= 4 is 5.82 Å². The van der Waals surface area contributed by atoms with Crippen LogP contribution in [0.3, 0.4) is 0 Å². The molecule has 0 saturated carbocycles. The topological polar surface area (TPSA) is 37.8 Å². The molecule has 1 N–H and O–H groups in total. The second-order valence-electron chi connectivity index (χ2n) is 6.01. The molecule has 0 aromatic carbocycles. The van der Waals surface area contributed by atoms with Crippen LogP contribution in [0.5, 0.6) is 0 Å². The van der Waals surface area contributed by atoms with E-state index in [1.807, 2.05) is 0 Å². The molecule has 0 atom stereocenters. The van der Waals surface area contributed by atoms with Gasteiger partial charge in [-0.3, -0.25) is 0 Å². The Labute approximate surface area is 118 Å².